The molecule has 1 heterocycles. The van der Waals surface area contributed by atoms with Gasteiger partial charge in [0.25, 0.3) is 0 Å². The summed E-state index contributed by atoms with van der Waals surface area (Å²) in [5, 5.41) is 0. The second-order valence-electron chi connectivity index (χ2n) is 8.21. The van der Waals surface area contributed by atoms with Crippen LogP contribution in [-0.4, -0.2) is 6.29 Å². The maximum absolute atomic E-state index is 10.8. The maximum atomic E-state index is 10.8. The van der Waals surface area contributed by atoms with Gasteiger partial charge in [0.05, 0.1) is 0 Å². The summed E-state index contributed by atoms with van der Waals surface area (Å²) in [6.45, 7) is 0. The summed E-state index contributed by atoms with van der Waals surface area (Å²) in [6.07, 6.45) is 9.29. The Labute approximate surface area is 150 Å². The van der Waals surface area contributed by atoms with Crippen molar-refractivity contribution in [2.24, 2.45) is 17.8 Å². The minimum Gasteiger partial charge on any atom is -0.453 e. The van der Waals surface area contributed by atoms with E-state index in [2.05, 4.69) is 34.1 Å². The lowest BCUT2D eigenvalue weighted by Crippen LogP contribution is -2.48. The summed E-state index contributed by atoms with van der Waals surface area (Å²) in [7, 11) is 0. The van der Waals surface area contributed by atoms with Gasteiger partial charge in [-0.25, -0.2) is 0 Å². The van der Waals surface area contributed by atoms with Crippen LogP contribution >= 0.6 is 15.9 Å². The van der Waals surface area contributed by atoms with Gasteiger partial charge in [-0.05, 0) is 91.5 Å². The predicted octanol–water partition coefficient (Wildman–Crippen LogP) is 5.99. The average Bonchev–Trinajstić information content (AvgIpc) is 3.02. The van der Waals surface area contributed by atoms with Crippen molar-refractivity contribution in [3.8, 4) is 11.3 Å². The summed E-state index contributed by atoms with van der Waals surface area (Å²) in [4.78, 5) is 10.8. The van der Waals surface area contributed by atoms with E-state index in [0.29, 0.717) is 11.2 Å². The molecule has 4 bridgehead atoms. The van der Waals surface area contributed by atoms with E-state index in [-0.39, 0.29) is 0 Å². The third-order valence-corrected chi connectivity index (χ3v) is 7.28. The van der Waals surface area contributed by atoms with Crippen molar-refractivity contribution >= 4 is 22.2 Å². The second-order valence-corrected chi connectivity index (χ2v) is 9.07. The Hall–Kier alpha value is -1.35. The first-order valence-electron chi connectivity index (χ1n) is 9.01. The lowest BCUT2D eigenvalue weighted by Gasteiger charge is -2.57. The van der Waals surface area contributed by atoms with E-state index >= 15 is 0 Å². The van der Waals surface area contributed by atoms with Crippen LogP contribution in [0, 0.1) is 17.8 Å². The highest BCUT2D eigenvalue weighted by Gasteiger charge is 2.51. The molecule has 124 valence electrons. The molecule has 0 spiro atoms. The maximum Gasteiger partial charge on any atom is 0.185 e. The molecule has 0 amide bonds. The third kappa shape index (κ3) is 2.24. The Kier molecular flexibility index (Phi) is 3.31. The Morgan fingerprint density at radius 2 is 1.67 bits per heavy atom. The van der Waals surface area contributed by atoms with Gasteiger partial charge in [-0.3, -0.25) is 4.79 Å². The van der Waals surface area contributed by atoms with Crippen molar-refractivity contribution in [3.63, 3.8) is 0 Å². The smallest absolute Gasteiger partial charge is 0.185 e. The first-order valence-corrected chi connectivity index (χ1v) is 9.80. The lowest BCUT2D eigenvalue weighted by atomic mass is 9.48. The fourth-order valence-electron chi connectivity index (χ4n) is 6.07. The number of benzene rings is 1. The summed E-state index contributed by atoms with van der Waals surface area (Å²) in [5.41, 5.74) is 2.93. The lowest BCUT2D eigenvalue weighted by molar-refractivity contribution is -0.00520. The van der Waals surface area contributed by atoms with E-state index in [1.807, 2.05) is 6.07 Å². The summed E-state index contributed by atoms with van der Waals surface area (Å²) >= 11 is 3.75. The van der Waals surface area contributed by atoms with Crippen LogP contribution in [0.1, 0.15) is 54.6 Å². The first kappa shape index (κ1) is 14.9. The average molecular weight is 385 g/mol. The van der Waals surface area contributed by atoms with Crippen LogP contribution in [0.5, 0.6) is 0 Å². The van der Waals surface area contributed by atoms with Gasteiger partial charge in [0.2, 0.25) is 0 Å². The molecule has 4 aliphatic rings. The Morgan fingerprint density at radius 3 is 2.21 bits per heavy atom. The van der Waals surface area contributed by atoms with Gasteiger partial charge in [-0.1, -0.05) is 22.0 Å². The quantitative estimate of drug-likeness (QED) is 0.608. The molecular weight excluding hydrogens is 364 g/mol. The Bertz CT molecular complexity index is 769. The molecular formula is C21H21BrO2. The second kappa shape index (κ2) is 5.32. The molecule has 1 aromatic heterocycles. The van der Waals surface area contributed by atoms with E-state index in [4.69, 9.17) is 4.42 Å². The molecule has 4 fully saturated rings. The summed E-state index contributed by atoms with van der Waals surface area (Å²) < 4.78 is 6.66. The monoisotopic (exact) mass is 384 g/mol. The molecule has 0 N–H and O–H groups in total. The number of aldehydes is 1. The topological polar surface area (TPSA) is 30.2 Å². The van der Waals surface area contributed by atoms with Gasteiger partial charge in [0.15, 0.2) is 12.0 Å². The van der Waals surface area contributed by atoms with Crippen molar-refractivity contribution in [2.45, 2.75) is 43.9 Å². The van der Waals surface area contributed by atoms with Crippen molar-refractivity contribution in [1.29, 1.82) is 0 Å². The minimum absolute atomic E-state index is 0.377. The fraction of sp³-hybridized carbons (Fsp3) is 0.476. The molecule has 0 atom stereocenters. The largest absolute Gasteiger partial charge is 0.453 e. The molecule has 4 saturated carbocycles. The van der Waals surface area contributed by atoms with Gasteiger partial charge >= 0.3 is 0 Å². The molecule has 4 aliphatic carbocycles. The normalized spacial score (nSPS) is 33.8. The van der Waals surface area contributed by atoms with E-state index in [1.54, 1.807) is 6.07 Å². The van der Waals surface area contributed by atoms with E-state index < -0.39 is 0 Å². The number of furan rings is 1. The third-order valence-electron chi connectivity index (χ3n) is 6.63. The zero-order chi connectivity index (χ0) is 16.3. The van der Waals surface area contributed by atoms with Crippen LogP contribution in [0.2, 0.25) is 0 Å². The van der Waals surface area contributed by atoms with Crippen molar-refractivity contribution in [3.05, 3.63) is 46.1 Å². The van der Waals surface area contributed by atoms with Gasteiger partial charge in [-0.2, -0.15) is 0 Å². The highest BCUT2D eigenvalue weighted by atomic mass is 79.9. The molecule has 2 nitrogen and oxygen atoms in total. The van der Waals surface area contributed by atoms with Crippen molar-refractivity contribution < 1.29 is 9.21 Å². The van der Waals surface area contributed by atoms with Crippen molar-refractivity contribution in [1.82, 2.24) is 0 Å². The molecule has 3 heteroatoms. The Morgan fingerprint density at radius 1 is 1.00 bits per heavy atom. The molecule has 6 rings (SSSR count). The van der Waals surface area contributed by atoms with Gasteiger partial charge < -0.3 is 4.42 Å². The van der Waals surface area contributed by atoms with E-state index in [9.17, 15) is 4.79 Å². The highest BCUT2D eigenvalue weighted by Crippen LogP contribution is 2.61. The molecule has 0 unspecified atom stereocenters. The van der Waals surface area contributed by atoms with Gasteiger partial charge in [0, 0.05) is 10.0 Å². The molecule has 1 aromatic carbocycles. The zero-order valence-corrected chi connectivity index (χ0v) is 15.2. The van der Waals surface area contributed by atoms with Gasteiger partial charge in [-0.15, -0.1) is 0 Å². The van der Waals surface area contributed by atoms with Crippen LogP contribution in [0.25, 0.3) is 11.3 Å². The van der Waals surface area contributed by atoms with E-state index in [0.717, 1.165) is 39.8 Å². The standard InChI is InChI=1S/C21H21BrO2/c22-19-8-16(1-3-18(19)20-4-2-17(12-23)24-20)21-9-13-5-14(10-21)7-15(6-13)11-21/h1-4,8,12-15H,5-7,9-11H2. The number of hydrogen-bond donors (Lipinski definition) is 0. The van der Waals surface area contributed by atoms with Crippen LogP contribution in [0.15, 0.2) is 39.2 Å². The zero-order valence-electron chi connectivity index (χ0n) is 13.6. The van der Waals surface area contributed by atoms with Gasteiger partial charge in [0.1, 0.15) is 5.76 Å². The molecule has 0 radical (unpaired) electrons. The number of hydrogen-bond acceptors (Lipinski definition) is 2. The summed E-state index contributed by atoms with van der Waals surface area (Å²) in [5.74, 6) is 3.99. The molecule has 0 saturated heterocycles. The molecule has 2 aromatic rings. The highest BCUT2D eigenvalue weighted by molar-refractivity contribution is 9.10. The van der Waals surface area contributed by atoms with Crippen molar-refractivity contribution in [2.75, 3.05) is 0 Å². The fourth-order valence-corrected chi connectivity index (χ4v) is 6.64. The minimum atomic E-state index is 0.377. The van der Waals surface area contributed by atoms with Crippen LogP contribution < -0.4 is 0 Å². The first-order chi connectivity index (χ1) is 11.6. The number of carbonyl (C=O) groups excluding carboxylic acids is 1. The predicted molar refractivity (Wildman–Crippen MR) is 97.1 cm³/mol. The number of halogens is 1. The SMILES string of the molecule is O=Cc1ccc(-c2ccc(C34CC5CC(CC(C5)C3)C4)cc2Br)o1. The molecule has 24 heavy (non-hydrogen) atoms. The number of rotatable bonds is 3. The molecule has 0 aliphatic heterocycles. The Balaban J connectivity index is 1.51. The summed E-state index contributed by atoms with van der Waals surface area (Å²) in [6, 6.07) is 10.4. The van der Waals surface area contributed by atoms with Crippen LogP contribution in [0.4, 0.5) is 0 Å². The van der Waals surface area contributed by atoms with Crippen LogP contribution in [0.3, 0.4) is 0 Å². The number of carbonyl (C=O) groups is 1. The van der Waals surface area contributed by atoms with E-state index in [1.165, 1.54) is 44.1 Å². The van der Waals surface area contributed by atoms with Crippen LogP contribution in [-0.2, 0) is 5.41 Å².